The van der Waals surface area contributed by atoms with Gasteiger partial charge in [-0.15, -0.1) is 0 Å². The van der Waals surface area contributed by atoms with Gasteiger partial charge >= 0.3 is 5.63 Å². The molecule has 0 radical (unpaired) electrons. The molecule has 5 heteroatoms. The van der Waals surface area contributed by atoms with E-state index in [1.54, 1.807) is 12.1 Å². The Morgan fingerprint density at radius 3 is 1.96 bits per heavy atom. The Morgan fingerprint density at radius 1 is 0.826 bits per heavy atom. The first-order valence-electron chi connectivity index (χ1n) is 7.89. The second kappa shape index (κ2) is 6.94. The van der Waals surface area contributed by atoms with E-state index in [1.807, 2.05) is 47.6 Å². The zero-order chi connectivity index (χ0) is 17.1. The molecule has 0 amide bonds. The minimum absolute atomic E-state index is 0.0195. The van der Waals surface area contributed by atoms with Crippen LogP contribution in [0.1, 0.15) is 41.5 Å². The predicted molar refractivity (Wildman–Crippen MR) is 89.8 cm³/mol. The molecule has 126 valence electrons. The van der Waals surface area contributed by atoms with Gasteiger partial charge in [-0.3, -0.25) is 0 Å². The summed E-state index contributed by atoms with van der Waals surface area (Å²) in [4.78, 5) is 12.3. The summed E-state index contributed by atoms with van der Waals surface area (Å²) in [6.45, 7) is 11.4. The van der Waals surface area contributed by atoms with Gasteiger partial charge in [0.1, 0.15) is 16.7 Å². The number of hydrogen-bond acceptors (Lipinski definition) is 5. The summed E-state index contributed by atoms with van der Waals surface area (Å²) in [5.74, 6) is 1.06. The van der Waals surface area contributed by atoms with Gasteiger partial charge in [0.05, 0.1) is 18.3 Å². The lowest BCUT2D eigenvalue weighted by atomic mass is 10.2. The van der Waals surface area contributed by atoms with Crippen molar-refractivity contribution in [3.05, 3.63) is 28.6 Å². The molecule has 0 atom stereocenters. The van der Waals surface area contributed by atoms with Crippen molar-refractivity contribution in [2.75, 3.05) is 0 Å². The highest BCUT2D eigenvalue weighted by atomic mass is 16.5. The first-order valence-corrected chi connectivity index (χ1v) is 7.89. The Balaban J connectivity index is 2.78. The molecule has 1 aromatic carbocycles. The minimum atomic E-state index is -0.552. The van der Waals surface area contributed by atoms with Gasteiger partial charge in [-0.1, -0.05) is 6.07 Å². The van der Waals surface area contributed by atoms with E-state index in [2.05, 4.69) is 0 Å². The zero-order valence-electron chi connectivity index (χ0n) is 14.5. The van der Waals surface area contributed by atoms with Crippen molar-refractivity contribution in [2.45, 2.75) is 59.9 Å². The van der Waals surface area contributed by atoms with Crippen molar-refractivity contribution in [1.82, 2.24) is 0 Å². The number of ether oxygens (including phenoxy) is 3. The van der Waals surface area contributed by atoms with Crippen LogP contribution in [0.15, 0.2) is 27.4 Å². The fourth-order valence-electron chi connectivity index (χ4n) is 2.21. The molecule has 0 fully saturated rings. The SMILES string of the molecule is CC(C)Oc1c(OC(C)C)c2c(OC(C)C)cccc2oc1=O. The van der Waals surface area contributed by atoms with Crippen LogP contribution >= 0.6 is 0 Å². The molecule has 0 aliphatic carbocycles. The van der Waals surface area contributed by atoms with Crippen LogP contribution in [-0.2, 0) is 0 Å². The van der Waals surface area contributed by atoms with Crippen molar-refractivity contribution in [3.8, 4) is 17.2 Å². The molecule has 23 heavy (non-hydrogen) atoms. The van der Waals surface area contributed by atoms with Crippen molar-refractivity contribution in [1.29, 1.82) is 0 Å². The van der Waals surface area contributed by atoms with Gasteiger partial charge in [-0.25, -0.2) is 4.79 Å². The molecule has 0 spiro atoms. The molecule has 0 unspecified atom stereocenters. The quantitative estimate of drug-likeness (QED) is 0.748. The van der Waals surface area contributed by atoms with Crippen LogP contribution in [0.25, 0.3) is 11.0 Å². The van der Waals surface area contributed by atoms with Gasteiger partial charge in [0.15, 0.2) is 5.75 Å². The van der Waals surface area contributed by atoms with Gasteiger partial charge in [0, 0.05) is 0 Å². The molecule has 0 saturated carbocycles. The highest BCUT2D eigenvalue weighted by Crippen LogP contribution is 2.40. The Labute approximate surface area is 136 Å². The zero-order valence-corrected chi connectivity index (χ0v) is 14.5. The lowest BCUT2D eigenvalue weighted by Gasteiger charge is -2.19. The lowest BCUT2D eigenvalue weighted by Crippen LogP contribution is -2.17. The van der Waals surface area contributed by atoms with Crippen LogP contribution in [0, 0.1) is 0 Å². The molecule has 0 bridgehead atoms. The lowest BCUT2D eigenvalue weighted by molar-refractivity contribution is 0.191. The predicted octanol–water partition coefficient (Wildman–Crippen LogP) is 4.15. The summed E-state index contributed by atoms with van der Waals surface area (Å²) in [6, 6.07) is 5.33. The standard InChI is InChI=1S/C18H24O5/c1-10(2)20-13-8-7-9-14-15(13)16(21-11(3)4)17(18(19)23-14)22-12(5)6/h7-12H,1-6H3. The van der Waals surface area contributed by atoms with Crippen molar-refractivity contribution in [3.63, 3.8) is 0 Å². The van der Waals surface area contributed by atoms with E-state index in [9.17, 15) is 4.79 Å². The topological polar surface area (TPSA) is 57.9 Å². The maximum Gasteiger partial charge on any atom is 0.383 e. The molecule has 1 heterocycles. The van der Waals surface area contributed by atoms with Crippen molar-refractivity contribution < 1.29 is 18.6 Å². The van der Waals surface area contributed by atoms with Gasteiger partial charge in [-0.05, 0) is 53.7 Å². The third-order valence-electron chi connectivity index (χ3n) is 2.88. The highest BCUT2D eigenvalue weighted by molar-refractivity contribution is 5.91. The summed E-state index contributed by atoms with van der Waals surface area (Å²) in [5, 5.41) is 0.616. The summed E-state index contributed by atoms with van der Waals surface area (Å²) < 4.78 is 22.8. The summed E-state index contributed by atoms with van der Waals surface area (Å²) in [6.07, 6.45) is -0.321. The summed E-state index contributed by atoms with van der Waals surface area (Å²) in [7, 11) is 0. The molecule has 0 aliphatic rings. The van der Waals surface area contributed by atoms with Crippen molar-refractivity contribution >= 4 is 11.0 Å². The van der Waals surface area contributed by atoms with E-state index in [1.165, 1.54) is 0 Å². The monoisotopic (exact) mass is 320 g/mol. The molecule has 5 nitrogen and oxygen atoms in total. The van der Waals surface area contributed by atoms with Crippen LogP contribution in [0.3, 0.4) is 0 Å². The number of rotatable bonds is 6. The van der Waals surface area contributed by atoms with Gasteiger partial charge in [0.25, 0.3) is 0 Å². The molecule has 2 aromatic rings. The van der Waals surface area contributed by atoms with Crippen LogP contribution in [-0.4, -0.2) is 18.3 Å². The first-order chi connectivity index (χ1) is 10.8. The fraction of sp³-hybridized carbons (Fsp3) is 0.500. The van der Waals surface area contributed by atoms with E-state index in [-0.39, 0.29) is 24.1 Å². The van der Waals surface area contributed by atoms with Crippen LogP contribution in [0.2, 0.25) is 0 Å². The average molecular weight is 320 g/mol. The van der Waals surface area contributed by atoms with E-state index in [0.717, 1.165) is 0 Å². The fourth-order valence-corrected chi connectivity index (χ4v) is 2.21. The summed E-state index contributed by atoms with van der Waals surface area (Å²) in [5.41, 5.74) is -0.136. The van der Waals surface area contributed by atoms with E-state index < -0.39 is 5.63 Å². The molecule has 2 rings (SSSR count). The Kier molecular flexibility index (Phi) is 5.19. The molecule has 1 aromatic heterocycles. The highest BCUT2D eigenvalue weighted by Gasteiger charge is 2.23. The van der Waals surface area contributed by atoms with Crippen molar-refractivity contribution in [2.24, 2.45) is 0 Å². The Hall–Kier alpha value is -2.17. The van der Waals surface area contributed by atoms with Crippen LogP contribution < -0.4 is 19.8 Å². The molecule has 0 aliphatic heterocycles. The maximum absolute atomic E-state index is 12.3. The Bertz CT molecular complexity index is 728. The smallest absolute Gasteiger partial charge is 0.383 e. The van der Waals surface area contributed by atoms with E-state index in [0.29, 0.717) is 22.5 Å². The third-order valence-corrected chi connectivity index (χ3v) is 2.88. The molecule has 0 saturated heterocycles. The molecule has 0 N–H and O–H groups in total. The minimum Gasteiger partial charge on any atom is -0.490 e. The van der Waals surface area contributed by atoms with Gasteiger partial charge in [0.2, 0.25) is 5.75 Å². The first kappa shape index (κ1) is 17.2. The number of hydrogen-bond donors (Lipinski definition) is 0. The second-order valence-corrected chi connectivity index (χ2v) is 6.18. The number of fused-ring (bicyclic) bond motifs is 1. The van der Waals surface area contributed by atoms with E-state index >= 15 is 0 Å². The van der Waals surface area contributed by atoms with E-state index in [4.69, 9.17) is 18.6 Å². The Morgan fingerprint density at radius 2 is 1.39 bits per heavy atom. The number of benzene rings is 1. The third kappa shape index (κ3) is 3.97. The summed E-state index contributed by atoms with van der Waals surface area (Å²) >= 11 is 0. The van der Waals surface area contributed by atoms with Gasteiger partial charge in [-0.2, -0.15) is 0 Å². The van der Waals surface area contributed by atoms with Crippen LogP contribution in [0.5, 0.6) is 17.2 Å². The maximum atomic E-state index is 12.3. The molecular formula is C18H24O5. The van der Waals surface area contributed by atoms with Gasteiger partial charge < -0.3 is 18.6 Å². The van der Waals surface area contributed by atoms with Crippen LogP contribution in [0.4, 0.5) is 0 Å². The largest absolute Gasteiger partial charge is 0.490 e. The normalized spacial score (nSPS) is 11.5. The second-order valence-electron chi connectivity index (χ2n) is 6.18. The average Bonchev–Trinajstić information content (AvgIpc) is 2.41. The molecular weight excluding hydrogens is 296 g/mol.